The lowest BCUT2D eigenvalue weighted by Gasteiger charge is -2.09. The molecule has 0 saturated heterocycles. The summed E-state index contributed by atoms with van der Waals surface area (Å²) in [7, 11) is 0. The number of aromatic nitrogens is 2. The molecule has 0 amide bonds. The van der Waals surface area contributed by atoms with Crippen LogP contribution in [0.5, 0.6) is 11.6 Å². The number of nitrogens with zero attached hydrogens (tertiary/aromatic N) is 2. The average molecular weight is 250 g/mol. The van der Waals surface area contributed by atoms with Gasteiger partial charge in [0.2, 0.25) is 11.2 Å². The fourth-order valence-electron chi connectivity index (χ4n) is 1.39. The van der Waals surface area contributed by atoms with Crippen molar-refractivity contribution in [2.24, 2.45) is 0 Å². The van der Waals surface area contributed by atoms with E-state index in [1.54, 1.807) is 6.92 Å². The summed E-state index contributed by atoms with van der Waals surface area (Å²) in [6.45, 7) is 3.74. The van der Waals surface area contributed by atoms with Gasteiger partial charge in [-0.15, -0.1) is 0 Å². The average Bonchev–Trinajstić information content (AvgIpc) is 2.25. The van der Waals surface area contributed by atoms with Crippen molar-refractivity contribution in [3.8, 4) is 11.6 Å². The van der Waals surface area contributed by atoms with E-state index in [0.29, 0.717) is 17.1 Å². The van der Waals surface area contributed by atoms with Gasteiger partial charge in [-0.1, -0.05) is 12.1 Å². The molecule has 5 heteroatoms. The Morgan fingerprint density at radius 2 is 2.00 bits per heavy atom. The van der Waals surface area contributed by atoms with Crippen molar-refractivity contribution in [2.75, 3.05) is 5.73 Å². The van der Waals surface area contributed by atoms with E-state index in [9.17, 15) is 0 Å². The van der Waals surface area contributed by atoms with E-state index in [2.05, 4.69) is 9.97 Å². The van der Waals surface area contributed by atoms with Crippen LogP contribution in [0.2, 0.25) is 5.28 Å². The Morgan fingerprint density at radius 1 is 1.24 bits per heavy atom. The molecule has 0 aliphatic rings. The van der Waals surface area contributed by atoms with E-state index in [1.807, 2.05) is 31.2 Å². The van der Waals surface area contributed by atoms with Crippen LogP contribution in [0.25, 0.3) is 0 Å². The third-order valence-corrected chi connectivity index (χ3v) is 2.45. The molecule has 2 N–H and O–H groups in total. The number of benzene rings is 1. The summed E-state index contributed by atoms with van der Waals surface area (Å²) < 4.78 is 5.59. The van der Waals surface area contributed by atoms with Gasteiger partial charge >= 0.3 is 0 Å². The highest BCUT2D eigenvalue weighted by Crippen LogP contribution is 2.28. The van der Waals surface area contributed by atoms with Gasteiger partial charge in [0.1, 0.15) is 11.4 Å². The van der Waals surface area contributed by atoms with Crippen molar-refractivity contribution in [1.82, 2.24) is 9.97 Å². The van der Waals surface area contributed by atoms with Crippen molar-refractivity contribution in [3.05, 3.63) is 40.8 Å². The Bertz CT molecular complexity index is 557. The fraction of sp³-hybridized carbons (Fsp3) is 0.167. The Hall–Kier alpha value is -1.81. The maximum Gasteiger partial charge on any atom is 0.247 e. The molecule has 0 radical (unpaired) electrons. The minimum Gasteiger partial charge on any atom is -0.437 e. The van der Waals surface area contributed by atoms with Gasteiger partial charge in [-0.05, 0) is 43.1 Å². The Kier molecular flexibility index (Phi) is 3.15. The third-order valence-electron chi connectivity index (χ3n) is 2.28. The second-order valence-electron chi connectivity index (χ2n) is 3.72. The number of anilines is 1. The van der Waals surface area contributed by atoms with Gasteiger partial charge in [0.15, 0.2) is 0 Å². The molecule has 0 unspecified atom stereocenters. The van der Waals surface area contributed by atoms with Gasteiger partial charge < -0.3 is 10.5 Å². The van der Waals surface area contributed by atoms with Gasteiger partial charge in [0.25, 0.3) is 0 Å². The van der Waals surface area contributed by atoms with Crippen molar-refractivity contribution in [1.29, 1.82) is 0 Å². The molecule has 2 rings (SSSR count). The van der Waals surface area contributed by atoms with Crippen LogP contribution in [0.3, 0.4) is 0 Å². The standard InChI is InChI=1S/C12H12ClN3O/c1-7-4-3-5-9(6-7)17-11-10(14)8(2)15-12(13)16-11/h3-6H,14H2,1-2H3. The number of hydrogen-bond acceptors (Lipinski definition) is 4. The van der Waals surface area contributed by atoms with E-state index in [4.69, 9.17) is 22.1 Å². The zero-order valence-electron chi connectivity index (χ0n) is 9.57. The molecule has 0 fully saturated rings. The summed E-state index contributed by atoms with van der Waals surface area (Å²) >= 11 is 5.76. The SMILES string of the molecule is Cc1cccc(Oc2nc(Cl)nc(C)c2N)c1. The lowest BCUT2D eigenvalue weighted by atomic mass is 10.2. The zero-order chi connectivity index (χ0) is 12.4. The first-order valence-corrected chi connectivity index (χ1v) is 5.48. The molecule has 0 atom stereocenters. The lowest BCUT2D eigenvalue weighted by molar-refractivity contribution is 0.463. The molecule has 1 heterocycles. The maximum atomic E-state index is 5.83. The van der Waals surface area contributed by atoms with E-state index in [0.717, 1.165) is 5.56 Å². The number of rotatable bonds is 2. The Labute approximate surface area is 104 Å². The van der Waals surface area contributed by atoms with E-state index < -0.39 is 0 Å². The molecule has 17 heavy (non-hydrogen) atoms. The summed E-state index contributed by atoms with van der Waals surface area (Å²) in [5.74, 6) is 0.957. The highest BCUT2D eigenvalue weighted by Gasteiger charge is 2.09. The summed E-state index contributed by atoms with van der Waals surface area (Å²) in [6.07, 6.45) is 0. The number of hydrogen-bond donors (Lipinski definition) is 1. The Morgan fingerprint density at radius 3 is 2.71 bits per heavy atom. The number of halogens is 1. The summed E-state index contributed by atoms with van der Waals surface area (Å²) in [5, 5.41) is 0.124. The predicted molar refractivity (Wildman–Crippen MR) is 67.4 cm³/mol. The van der Waals surface area contributed by atoms with Crippen molar-refractivity contribution >= 4 is 17.3 Å². The van der Waals surface area contributed by atoms with Crippen LogP contribution in [0.4, 0.5) is 5.69 Å². The maximum absolute atomic E-state index is 5.83. The van der Waals surface area contributed by atoms with E-state index >= 15 is 0 Å². The molecule has 0 aliphatic heterocycles. The van der Waals surface area contributed by atoms with Crippen molar-refractivity contribution < 1.29 is 4.74 Å². The van der Waals surface area contributed by atoms with Crippen LogP contribution < -0.4 is 10.5 Å². The summed E-state index contributed by atoms with van der Waals surface area (Å²) in [6, 6.07) is 7.60. The van der Waals surface area contributed by atoms with Gasteiger partial charge in [-0.2, -0.15) is 4.98 Å². The molecule has 2 aromatic rings. The van der Waals surface area contributed by atoms with Crippen LogP contribution >= 0.6 is 11.6 Å². The number of nitrogens with two attached hydrogens (primary N) is 1. The highest BCUT2D eigenvalue weighted by atomic mass is 35.5. The topological polar surface area (TPSA) is 61.0 Å². The van der Waals surface area contributed by atoms with Gasteiger partial charge in [-0.3, -0.25) is 0 Å². The molecule has 0 aliphatic carbocycles. The molecular formula is C12H12ClN3O. The number of ether oxygens (including phenoxy) is 1. The normalized spacial score (nSPS) is 10.3. The lowest BCUT2D eigenvalue weighted by Crippen LogP contribution is -2.00. The smallest absolute Gasteiger partial charge is 0.247 e. The Balaban J connectivity index is 2.36. The first-order chi connectivity index (χ1) is 8.06. The summed E-state index contributed by atoms with van der Waals surface area (Å²) in [5.41, 5.74) is 7.93. The zero-order valence-corrected chi connectivity index (χ0v) is 10.3. The monoisotopic (exact) mass is 249 g/mol. The van der Waals surface area contributed by atoms with E-state index in [-0.39, 0.29) is 11.2 Å². The molecule has 1 aromatic carbocycles. The highest BCUT2D eigenvalue weighted by molar-refractivity contribution is 6.28. The fourth-order valence-corrected chi connectivity index (χ4v) is 1.59. The van der Waals surface area contributed by atoms with Gasteiger partial charge in [0.05, 0.1) is 5.69 Å². The van der Waals surface area contributed by atoms with Crippen LogP contribution in [-0.4, -0.2) is 9.97 Å². The summed E-state index contributed by atoms with van der Waals surface area (Å²) in [4.78, 5) is 7.91. The molecule has 0 bridgehead atoms. The number of nitrogen functional groups attached to an aromatic ring is 1. The molecule has 0 saturated carbocycles. The predicted octanol–water partition coefficient (Wildman–Crippen LogP) is 3.12. The number of aryl methyl sites for hydroxylation is 2. The second kappa shape index (κ2) is 4.59. The molecular weight excluding hydrogens is 238 g/mol. The van der Waals surface area contributed by atoms with E-state index in [1.165, 1.54) is 0 Å². The quantitative estimate of drug-likeness (QED) is 0.831. The van der Waals surface area contributed by atoms with Gasteiger partial charge in [-0.25, -0.2) is 4.98 Å². The second-order valence-corrected chi connectivity index (χ2v) is 4.05. The van der Waals surface area contributed by atoms with Crippen LogP contribution in [0.1, 0.15) is 11.3 Å². The minimum atomic E-state index is 0.124. The van der Waals surface area contributed by atoms with Crippen molar-refractivity contribution in [3.63, 3.8) is 0 Å². The minimum absolute atomic E-state index is 0.124. The van der Waals surface area contributed by atoms with Crippen molar-refractivity contribution in [2.45, 2.75) is 13.8 Å². The largest absolute Gasteiger partial charge is 0.437 e. The molecule has 0 spiro atoms. The van der Waals surface area contributed by atoms with Crippen LogP contribution in [-0.2, 0) is 0 Å². The molecule has 1 aromatic heterocycles. The third kappa shape index (κ3) is 2.65. The molecule has 4 nitrogen and oxygen atoms in total. The van der Waals surface area contributed by atoms with Gasteiger partial charge in [0, 0.05) is 0 Å². The molecule has 88 valence electrons. The van der Waals surface area contributed by atoms with Crippen LogP contribution in [0, 0.1) is 13.8 Å². The van der Waals surface area contributed by atoms with Crippen LogP contribution in [0.15, 0.2) is 24.3 Å². The first kappa shape index (κ1) is 11.7. The first-order valence-electron chi connectivity index (χ1n) is 5.10.